The molecule has 0 amide bonds. The van der Waals surface area contributed by atoms with E-state index in [9.17, 15) is 0 Å². The predicted octanol–water partition coefficient (Wildman–Crippen LogP) is 3.90. The number of hydrogen-bond acceptors (Lipinski definition) is 2. The van der Waals surface area contributed by atoms with Crippen LogP contribution in [0.4, 0.5) is 0 Å². The summed E-state index contributed by atoms with van der Waals surface area (Å²) in [6.07, 6.45) is 2.48. The molecule has 3 atom stereocenters. The Bertz CT molecular complexity index is 455. The molecule has 2 heteroatoms. The third kappa shape index (κ3) is 4.08. The van der Waals surface area contributed by atoms with Crippen LogP contribution in [0, 0.1) is 19.8 Å². The van der Waals surface area contributed by atoms with E-state index in [0.29, 0.717) is 12.1 Å². The number of benzene rings is 1. The quantitative estimate of drug-likeness (QED) is 0.884. The summed E-state index contributed by atoms with van der Waals surface area (Å²) in [4.78, 5) is 2.70. The van der Waals surface area contributed by atoms with Gasteiger partial charge in [0.2, 0.25) is 0 Å². The van der Waals surface area contributed by atoms with Crippen molar-refractivity contribution in [1.82, 2.24) is 10.2 Å². The first-order chi connectivity index (χ1) is 10.0. The molecule has 0 spiro atoms. The molecule has 1 aromatic carbocycles. The Labute approximate surface area is 130 Å². The Morgan fingerprint density at radius 3 is 2.71 bits per heavy atom. The molecule has 0 saturated carbocycles. The molecular formula is C19H32N2. The van der Waals surface area contributed by atoms with Gasteiger partial charge in [-0.25, -0.2) is 0 Å². The summed E-state index contributed by atoms with van der Waals surface area (Å²) in [6, 6.07) is 8.16. The highest BCUT2D eigenvalue weighted by molar-refractivity contribution is 5.30. The van der Waals surface area contributed by atoms with Crippen molar-refractivity contribution >= 4 is 0 Å². The van der Waals surface area contributed by atoms with E-state index in [1.807, 2.05) is 0 Å². The molecule has 1 aliphatic heterocycles. The third-order valence-corrected chi connectivity index (χ3v) is 5.24. The maximum atomic E-state index is 3.77. The Morgan fingerprint density at radius 1 is 1.29 bits per heavy atom. The van der Waals surface area contributed by atoms with Gasteiger partial charge in [0, 0.05) is 31.7 Å². The van der Waals surface area contributed by atoms with Crippen LogP contribution in [0.25, 0.3) is 0 Å². The molecule has 3 unspecified atom stereocenters. The molecule has 0 bridgehead atoms. The molecule has 1 aliphatic rings. The summed E-state index contributed by atoms with van der Waals surface area (Å²) in [6.45, 7) is 14.8. The Hall–Kier alpha value is -0.860. The first kappa shape index (κ1) is 16.5. The van der Waals surface area contributed by atoms with Crippen molar-refractivity contribution in [1.29, 1.82) is 0 Å². The SMILES string of the molecule is CCC(C)C1CN(Cc2cc(C)ccc2C)C(CC)CN1. The van der Waals surface area contributed by atoms with Crippen molar-refractivity contribution in [3.63, 3.8) is 0 Å². The minimum atomic E-state index is 0.642. The van der Waals surface area contributed by atoms with Crippen LogP contribution in [0.2, 0.25) is 0 Å². The summed E-state index contributed by atoms with van der Waals surface area (Å²) < 4.78 is 0. The van der Waals surface area contributed by atoms with Gasteiger partial charge in [0.1, 0.15) is 0 Å². The van der Waals surface area contributed by atoms with Crippen molar-refractivity contribution < 1.29 is 0 Å². The van der Waals surface area contributed by atoms with Gasteiger partial charge in [-0.15, -0.1) is 0 Å². The van der Waals surface area contributed by atoms with Gasteiger partial charge in [-0.2, -0.15) is 0 Å². The van der Waals surface area contributed by atoms with Crippen LogP contribution in [0.15, 0.2) is 18.2 Å². The largest absolute Gasteiger partial charge is 0.311 e. The van der Waals surface area contributed by atoms with Crippen molar-refractivity contribution in [3.8, 4) is 0 Å². The van der Waals surface area contributed by atoms with Crippen LogP contribution in [0.5, 0.6) is 0 Å². The zero-order valence-corrected chi connectivity index (χ0v) is 14.4. The Balaban J connectivity index is 2.12. The molecule has 1 aromatic rings. The molecule has 0 aliphatic carbocycles. The lowest BCUT2D eigenvalue weighted by Crippen LogP contribution is -2.57. The lowest BCUT2D eigenvalue weighted by molar-refractivity contribution is 0.0991. The van der Waals surface area contributed by atoms with Crippen LogP contribution < -0.4 is 5.32 Å². The first-order valence-corrected chi connectivity index (χ1v) is 8.58. The molecular weight excluding hydrogens is 256 g/mol. The molecule has 1 saturated heterocycles. The lowest BCUT2D eigenvalue weighted by atomic mass is 9.94. The number of nitrogens with zero attached hydrogens (tertiary/aromatic N) is 1. The second-order valence-corrected chi connectivity index (χ2v) is 6.82. The molecule has 1 heterocycles. The minimum Gasteiger partial charge on any atom is -0.311 e. The van der Waals surface area contributed by atoms with Gasteiger partial charge in [0.05, 0.1) is 0 Å². The highest BCUT2D eigenvalue weighted by atomic mass is 15.2. The Kier molecular flexibility index (Phi) is 5.83. The van der Waals surface area contributed by atoms with E-state index in [1.165, 1.54) is 36.1 Å². The number of hydrogen-bond donors (Lipinski definition) is 1. The maximum absolute atomic E-state index is 3.77. The molecule has 2 nitrogen and oxygen atoms in total. The summed E-state index contributed by atoms with van der Waals surface area (Å²) >= 11 is 0. The maximum Gasteiger partial charge on any atom is 0.0240 e. The molecule has 1 fully saturated rings. The first-order valence-electron chi connectivity index (χ1n) is 8.58. The van der Waals surface area contributed by atoms with Crippen LogP contribution >= 0.6 is 0 Å². The lowest BCUT2D eigenvalue weighted by Gasteiger charge is -2.42. The van der Waals surface area contributed by atoms with Crippen molar-refractivity contribution in [2.75, 3.05) is 13.1 Å². The fourth-order valence-electron chi connectivity index (χ4n) is 3.33. The van der Waals surface area contributed by atoms with E-state index in [0.717, 1.165) is 19.0 Å². The zero-order chi connectivity index (χ0) is 15.4. The second-order valence-electron chi connectivity index (χ2n) is 6.82. The zero-order valence-electron chi connectivity index (χ0n) is 14.4. The average Bonchev–Trinajstić information content (AvgIpc) is 2.50. The minimum absolute atomic E-state index is 0.642. The topological polar surface area (TPSA) is 15.3 Å². The van der Waals surface area contributed by atoms with E-state index in [-0.39, 0.29) is 0 Å². The van der Waals surface area contributed by atoms with Crippen LogP contribution in [-0.4, -0.2) is 30.1 Å². The van der Waals surface area contributed by atoms with E-state index in [1.54, 1.807) is 0 Å². The smallest absolute Gasteiger partial charge is 0.0240 e. The fourth-order valence-corrected chi connectivity index (χ4v) is 3.33. The standard InChI is InChI=1S/C19H32N2/c1-6-15(4)19-13-21(18(7-2)11-20-19)12-17-10-14(3)8-9-16(17)5/h8-10,15,18-20H,6-7,11-13H2,1-5H3. The summed E-state index contributed by atoms with van der Waals surface area (Å²) in [5.74, 6) is 0.754. The highest BCUT2D eigenvalue weighted by Gasteiger charge is 2.29. The highest BCUT2D eigenvalue weighted by Crippen LogP contribution is 2.21. The van der Waals surface area contributed by atoms with Crippen molar-refractivity contribution in [2.45, 2.75) is 66.1 Å². The molecule has 2 rings (SSSR count). The van der Waals surface area contributed by atoms with E-state index >= 15 is 0 Å². The molecule has 0 radical (unpaired) electrons. The summed E-state index contributed by atoms with van der Waals surface area (Å²) in [7, 11) is 0. The molecule has 118 valence electrons. The van der Waals surface area contributed by atoms with Crippen LogP contribution in [-0.2, 0) is 6.54 Å². The van der Waals surface area contributed by atoms with Gasteiger partial charge < -0.3 is 5.32 Å². The van der Waals surface area contributed by atoms with Crippen LogP contribution in [0.3, 0.4) is 0 Å². The van der Waals surface area contributed by atoms with Gasteiger partial charge in [0.15, 0.2) is 0 Å². The summed E-state index contributed by atoms with van der Waals surface area (Å²) in [5, 5.41) is 3.77. The molecule has 1 N–H and O–H groups in total. The molecule has 21 heavy (non-hydrogen) atoms. The monoisotopic (exact) mass is 288 g/mol. The van der Waals surface area contributed by atoms with Gasteiger partial charge >= 0.3 is 0 Å². The van der Waals surface area contributed by atoms with Crippen molar-refractivity contribution in [2.24, 2.45) is 5.92 Å². The van der Waals surface area contributed by atoms with E-state index in [2.05, 4.69) is 63.0 Å². The van der Waals surface area contributed by atoms with Gasteiger partial charge in [-0.05, 0) is 37.3 Å². The number of nitrogens with one attached hydrogen (secondary N) is 1. The predicted molar refractivity (Wildman–Crippen MR) is 91.7 cm³/mol. The second kappa shape index (κ2) is 7.42. The normalized spacial score (nSPS) is 25.0. The third-order valence-electron chi connectivity index (χ3n) is 5.24. The Morgan fingerprint density at radius 2 is 2.05 bits per heavy atom. The fraction of sp³-hybridized carbons (Fsp3) is 0.684. The van der Waals surface area contributed by atoms with Gasteiger partial charge in [-0.1, -0.05) is 51.0 Å². The molecule has 0 aromatic heterocycles. The van der Waals surface area contributed by atoms with Gasteiger partial charge in [0.25, 0.3) is 0 Å². The van der Waals surface area contributed by atoms with E-state index < -0.39 is 0 Å². The number of aryl methyl sites for hydroxylation is 2. The number of piperazine rings is 1. The van der Waals surface area contributed by atoms with Crippen LogP contribution in [0.1, 0.15) is 50.3 Å². The number of rotatable bonds is 5. The average molecular weight is 288 g/mol. The van der Waals surface area contributed by atoms with Crippen molar-refractivity contribution in [3.05, 3.63) is 34.9 Å². The van der Waals surface area contributed by atoms with Gasteiger partial charge in [-0.3, -0.25) is 4.90 Å². The van der Waals surface area contributed by atoms with E-state index in [4.69, 9.17) is 0 Å². The summed E-state index contributed by atoms with van der Waals surface area (Å²) in [5.41, 5.74) is 4.30.